The summed E-state index contributed by atoms with van der Waals surface area (Å²) in [6.07, 6.45) is 7.57. The molecule has 0 aliphatic heterocycles. The summed E-state index contributed by atoms with van der Waals surface area (Å²) >= 11 is 0. The van der Waals surface area contributed by atoms with Crippen molar-refractivity contribution in [1.29, 1.82) is 0 Å². The molecule has 0 spiro atoms. The van der Waals surface area contributed by atoms with E-state index in [2.05, 4.69) is 27.9 Å². The van der Waals surface area contributed by atoms with Gasteiger partial charge in [0.1, 0.15) is 12.3 Å². The largest absolute Gasteiger partial charge is 0.490 e. The van der Waals surface area contributed by atoms with Gasteiger partial charge in [-0.2, -0.15) is 10.3 Å². The average molecular weight is 355 g/mol. The SMILES string of the molecule is C#CCOc1c(CC=C)cc(-c2n[nH]nc2C(=O)OCC)cc1OCC. The predicted octanol–water partition coefficient (Wildman–Crippen LogP) is 2.79. The molecule has 1 heterocycles. The van der Waals surface area contributed by atoms with Gasteiger partial charge >= 0.3 is 5.97 Å². The van der Waals surface area contributed by atoms with Crippen molar-refractivity contribution in [1.82, 2.24) is 15.4 Å². The van der Waals surface area contributed by atoms with Gasteiger partial charge in [0.25, 0.3) is 0 Å². The minimum Gasteiger partial charge on any atom is -0.490 e. The Balaban J connectivity index is 2.56. The molecule has 0 aliphatic rings. The lowest BCUT2D eigenvalue weighted by Crippen LogP contribution is -2.07. The van der Waals surface area contributed by atoms with Crippen molar-refractivity contribution in [2.75, 3.05) is 19.8 Å². The molecule has 1 aromatic heterocycles. The zero-order chi connectivity index (χ0) is 18.9. The molecule has 0 unspecified atom stereocenters. The van der Waals surface area contributed by atoms with E-state index < -0.39 is 5.97 Å². The maximum atomic E-state index is 12.1. The monoisotopic (exact) mass is 355 g/mol. The summed E-state index contributed by atoms with van der Waals surface area (Å²) in [4.78, 5) is 12.1. The average Bonchev–Trinajstić information content (AvgIpc) is 3.11. The quantitative estimate of drug-likeness (QED) is 0.423. The first-order valence-electron chi connectivity index (χ1n) is 8.21. The van der Waals surface area contributed by atoms with E-state index in [1.807, 2.05) is 13.0 Å². The first-order valence-corrected chi connectivity index (χ1v) is 8.21. The van der Waals surface area contributed by atoms with E-state index in [9.17, 15) is 4.79 Å². The van der Waals surface area contributed by atoms with Crippen molar-refractivity contribution in [3.8, 4) is 35.1 Å². The molecule has 0 amide bonds. The molecule has 0 radical (unpaired) electrons. The second-order valence-corrected chi connectivity index (χ2v) is 5.12. The van der Waals surface area contributed by atoms with Gasteiger partial charge in [0.05, 0.1) is 13.2 Å². The number of carbonyl (C=O) groups is 1. The predicted molar refractivity (Wildman–Crippen MR) is 97.2 cm³/mol. The standard InChI is InChI=1S/C19H21N3O4/c1-5-9-13-11-14(12-15(24-7-3)18(13)26-10-6-2)16-17(21-22-20-16)19(23)25-8-4/h2,5,11-12H,1,7-10H2,3-4H3,(H,20,21,22). The van der Waals surface area contributed by atoms with Gasteiger partial charge in [0.2, 0.25) is 0 Å². The Morgan fingerprint density at radius 3 is 2.77 bits per heavy atom. The van der Waals surface area contributed by atoms with E-state index >= 15 is 0 Å². The van der Waals surface area contributed by atoms with Gasteiger partial charge in [-0.15, -0.1) is 18.1 Å². The first-order chi connectivity index (χ1) is 12.7. The van der Waals surface area contributed by atoms with Crippen LogP contribution in [-0.4, -0.2) is 41.2 Å². The fourth-order valence-electron chi connectivity index (χ4n) is 2.42. The minimum atomic E-state index is -0.549. The van der Waals surface area contributed by atoms with E-state index in [0.29, 0.717) is 35.8 Å². The fourth-order valence-corrected chi connectivity index (χ4v) is 2.42. The Hall–Kier alpha value is -3.27. The van der Waals surface area contributed by atoms with Crippen LogP contribution in [0.2, 0.25) is 0 Å². The smallest absolute Gasteiger partial charge is 0.361 e. The third kappa shape index (κ3) is 4.22. The molecule has 0 fully saturated rings. The van der Waals surface area contributed by atoms with Crippen molar-refractivity contribution in [3.05, 3.63) is 36.0 Å². The zero-order valence-corrected chi connectivity index (χ0v) is 14.9. The molecule has 2 aromatic rings. The number of aromatic nitrogens is 3. The number of hydrogen-bond acceptors (Lipinski definition) is 6. The van der Waals surface area contributed by atoms with Crippen LogP contribution in [-0.2, 0) is 11.2 Å². The highest BCUT2D eigenvalue weighted by atomic mass is 16.5. The number of ether oxygens (including phenoxy) is 3. The molecule has 136 valence electrons. The number of terminal acetylenes is 1. The maximum absolute atomic E-state index is 12.1. The van der Waals surface area contributed by atoms with Gasteiger partial charge in [-0.25, -0.2) is 4.79 Å². The van der Waals surface area contributed by atoms with E-state index in [4.69, 9.17) is 20.6 Å². The topological polar surface area (TPSA) is 86.3 Å². The Bertz CT molecular complexity index is 821. The molecule has 1 N–H and O–H groups in total. The third-order valence-corrected chi connectivity index (χ3v) is 3.39. The number of rotatable bonds is 9. The van der Waals surface area contributed by atoms with Crippen LogP contribution in [0, 0.1) is 12.3 Å². The second-order valence-electron chi connectivity index (χ2n) is 5.12. The van der Waals surface area contributed by atoms with Crippen LogP contribution in [0.4, 0.5) is 0 Å². The molecule has 7 heteroatoms. The Labute approximate surface area is 152 Å². The molecule has 0 atom stereocenters. The number of allylic oxidation sites excluding steroid dienone is 1. The van der Waals surface area contributed by atoms with E-state index in [1.165, 1.54) is 0 Å². The second kappa shape index (κ2) is 9.28. The van der Waals surface area contributed by atoms with Gasteiger partial charge in [0, 0.05) is 11.1 Å². The first kappa shape index (κ1) is 19.1. The highest BCUT2D eigenvalue weighted by Crippen LogP contribution is 2.37. The van der Waals surface area contributed by atoms with E-state index in [1.54, 1.807) is 19.1 Å². The number of nitrogens with zero attached hydrogens (tertiary/aromatic N) is 2. The number of esters is 1. The highest BCUT2D eigenvalue weighted by molar-refractivity contribution is 5.94. The summed E-state index contributed by atoms with van der Waals surface area (Å²) in [7, 11) is 0. The molecule has 1 aromatic carbocycles. The molecule has 7 nitrogen and oxygen atoms in total. The summed E-state index contributed by atoms with van der Waals surface area (Å²) in [5.41, 5.74) is 1.94. The van der Waals surface area contributed by atoms with Gasteiger partial charge < -0.3 is 14.2 Å². The van der Waals surface area contributed by atoms with Crippen molar-refractivity contribution in [3.63, 3.8) is 0 Å². The number of nitrogens with one attached hydrogen (secondary N) is 1. The van der Waals surface area contributed by atoms with Crippen LogP contribution in [0.3, 0.4) is 0 Å². The lowest BCUT2D eigenvalue weighted by molar-refractivity contribution is 0.0520. The van der Waals surface area contributed by atoms with Crippen molar-refractivity contribution < 1.29 is 19.0 Å². The van der Waals surface area contributed by atoms with Crippen LogP contribution < -0.4 is 9.47 Å². The van der Waals surface area contributed by atoms with Crippen LogP contribution in [0.25, 0.3) is 11.3 Å². The van der Waals surface area contributed by atoms with Crippen LogP contribution in [0.1, 0.15) is 29.9 Å². The zero-order valence-electron chi connectivity index (χ0n) is 14.9. The van der Waals surface area contributed by atoms with Crippen molar-refractivity contribution in [2.24, 2.45) is 0 Å². The lowest BCUT2D eigenvalue weighted by Gasteiger charge is -2.16. The number of hydrogen-bond donors (Lipinski definition) is 1. The van der Waals surface area contributed by atoms with Crippen LogP contribution in [0.5, 0.6) is 11.5 Å². The number of carbonyl (C=O) groups excluding carboxylic acids is 1. The summed E-state index contributed by atoms with van der Waals surface area (Å²) in [6.45, 7) is 8.16. The molecule has 0 saturated carbocycles. The molecule has 0 saturated heterocycles. The van der Waals surface area contributed by atoms with Gasteiger partial charge in [-0.3, -0.25) is 0 Å². The van der Waals surface area contributed by atoms with E-state index in [0.717, 1.165) is 5.56 Å². The van der Waals surface area contributed by atoms with E-state index in [-0.39, 0.29) is 18.9 Å². The molecule has 26 heavy (non-hydrogen) atoms. The maximum Gasteiger partial charge on any atom is 0.361 e. The summed E-state index contributed by atoms with van der Waals surface area (Å²) in [6, 6.07) is 3.58. The number of H-pyrrole nitrogens is 1. The Kier molecular flexibility index (Phi) is 6.80. The summed E-state index contributed by atoms with van der Waals surface area (Å²) in [5.74, 6) is 2.95. The van der Waals surface area contributed by atoms with Crippen LogP contribution in [0.15, 0.2) is 24.8 Å². The molecule has 2 rings (SSSR count). The third-order valence-electron chi connectivity index (χ3n) is 3.39. The molecule has 0 aliphatic carbocycles. The Morgan fingerprint density at radius 2 is 2.12 bits per heavy atom. The summed E-state index contributed by atoms with van der Waals surface area (Å²) < 4.78 is 16.4. The van der Waals surface area contributed by atoms with Crippen LogP contribution >= 0.6 is 0 Å². The van der Waals surface area contributed by atoms with Gasteiger partial charge in [0.15, 0.2) is 17.2 Å². The fraction of sp³-hybridized carbons (Fsp3) is 0.316. The minimum absolute atomic E-state index is 0.108. The highest BCUT2D eigenvalue weighted by Gasteiger charge is 2.22. The molecule has 0 bridgehead atoms. The van der Waals surface area contributed by atoms with Gasteiger partial charge in [-0.1, -0.05) is 12.0 Å². The molecular formula is C19H21N3O4. The summed E-state index contributed by atoms with van der Waals surface area (Å²) in [5, 5.41) is 10.5. The molecular weight excluding hydrogens is 334 g/mol. The number of aromatic amines is 1. The lowest BCUT2D eigenvalue weighted by atomic mass is 10.0. The normalized spacial score (nSPS) is 10.0. The van der Waals surface area contributed by atoms with Crippen molar-refractivity contribution in [2.45, 2.75) is 20.3 Å². The van der Waals surface area contributed by atoms with Crippen molar-refractivity contribution >= 4 is 5.97 Å². The Morgan fingerprint density at radius 1 is 1.31 bits per heavy atom. The van der Waals surface area contributed by atoms with Gasteiger partial charge in [-0.05, 0) is 32.4 Å². The number of benzene rings is 1.